The van der Waals surface area contributed by atoms with E-state index in [0.717, 1.165) is 12.8 Å². The Hall–Kier alpha value is -1.58. The van der Waals surface area contributed by atoms with Crippen LogP contribution in [-0.2, 0) is 0 Å². The fourth-order valence-corrected chi connectivity index (χ4v) is 1.78. The summed E-state index contributed by atoms with van der Waals surface area (Å²) in [6.45, 7) is 6.48. The summed E-state index contributed by atoms with van der Waals surface area (Å²) in [4.78, 5) is 15.4. The predicted molar refractivity (Wildman–Crippen MR) is 69.9 cm³/mol. The van der Waals surface area contributed by atoms with E-state index in [1.807, 2.05) is 0 Å². The summed E-state index contributed by atoms with van der Waals surface area (Å²) in [7, 11) is 0. The molecule has 0 saturated heterocycles. The van der Waals surface area contributed by atoms with E-state index in [2.05, 4.69) is 31.1 Å². The highest BCUT2D eigenvalue weighted by atomic mass is 16.1. The lowest BCUT2D eigenvalue weighted by Crippen LogP contribution is -2.22. The molecule has 2 unspecified atom stereocenters. The molecule has 0 radical (unpaired) electrons. The molecule has 1 aromatic heterocycles. The van der Waals surface area contributed by atoms with Crippen LogP contribution in [0.25, 0.3) is 0 Å². The largest absolute Gasteiger partial charge is 0.367 e. The first-order valence-electron chi connectivity index (χ1n) is 6.06. The lowest BCUT2D eigenvalue weighted by molar-refractivity contribution is 0.100. The van der Waals surface area contributed by atoms with E-state index in [9.17, 15) is 4.79 Å². The summed E-state index contributed by atoms with van der Waals surface area (Å²) in [5.74, 6) is 0.783. The first kappa shape index (κ1) is 13.5. The Morgan fingerprint density at radius 1 is 1.53 bits per heavy atom. The highest BCUT2D eigenvalue weighted by Gasteiger charge is 2.12. The minimum Gasteiger partial charge on any atom is -0.367 e. The summed E-state index contributed by atoms with van der Waals surface area (Å²) in [6, 6.07) is 3.68. The van der Waals surface area contributed by atoms with Crippen LogP contribution in [0.4, 0.5) is 5.82 Å². The van der Waals surface area contributed by atoms with Gasteiger partial charge in [-0.3, -0.25) is 4.79 Å². The zero-order valence-corrected chi connectivity index (χ0v) is 10.7. The molecule has 1 heterocycles. The molecule has 1 aromatic rings. The molecule has 0 spiro atoms. The standard InChI is InChI=1S/C13H21N3O/c1-4-9(2)8-10(3)16-13-11(12(14)17)6-5-7-15-13/h5-7,9-10H,4,8H2,1-3H3,(H2,14,17)(H,15,16). The molecule has 2 atom stereocenters. The second kappa shape index (κ2) is 6.23. The van der Waals surface area contributed by atoms with E-state index in [4.69, 9.17) is 5.73 Å². The van der Waals surface area contributed by atoms with Crippen molar-refractivity contribution in [1.82, 2.24) is 4.98 Å². The van der Waals surface area contributed by atoms with Crippen LogP contribution in [0.2, 0.25) is 0 Å². The number of nitrogens with one attached hydrogen (secondary N) is 1. The number of anilines is 1. The van der Waals surface area contributed by atoms with Gasteiger partial charge in [-0.15, -0.1) is 0 Å². The maximum absolute atomic E-state index is 11.2. The van der Waals surface area contributed by atoms with Crippen LogP contribution in [0.3, 0.4) is 0 Å². The van der Waals surface area contributed by atoms with Crippen LogP contribution in [0.1, 0.15) is 44.0 Å². The fraction of sp³-hybridized carbons (Fsp3) is 0.538. The molecule has 0 saturated carbocycles. The summed E-state index contributed by atoms with van der Waals surface area (Å²) in [5, 5.41) is 3.25. The quantitative estimate of drug-likeness (QED) is 0.795. The summed E-state index contributed by atoms with van der Waals surface area (Å²) >= 11 is 0. The highest BCUT2D eigenvalue weighted by molar-refractivity contribution is 5.97. The highest BCUT2D eigenvalue weighted by Crippen LogP contribution is 2.16. The topological polar surface area (TPSA) is 68.0 Å². The summed E-state index contributed by atoms with van der Waals surface area (Å²) < 4.78 is 0. The number of rotatable bonds is 6. The number of nitrogens with zero attached hydrogens (tertiary/aromatic N) is 1. The van der Waals surface area contributed by atoms with Crippen LogP contribution < -0.4 is 11.1 Å². The number of carbonyl (C=O) groups is 1. The number of primary amides is 1. The van der Waals surface area contributed by atoms with Gasteiger partial charge in [0.2, 0.25) is 0 Å². The lowest BCUT2D eigenvalue weighted by Gasteiger charge is -2.19. The van der Waals surface area contributed by atoms with Gasteiger partial charge in [-0.25, -0.2) is 4.98 Å². The summed E-state index contributed by atoms with van der Waals surface area (Å²) in [5.41, 5.74) is 5.75. The van der Waals surface area contributed by atoms with Gasteiger partial charge >= 0.3 is 0 Å². The van der Waals surface area contributed by atoms with Crippen LogP contribution in [0.5, 0.6) is 0 Å². The van der Waals surface area contributed by atoms with E-state index in [-0.39, 0.29) is 6.04 Å². The first-order chi connectivity index (χ1) is 8.04. The molecule has 17 heavy (non-hydrogen) atoms. The molecule has 0 aliphatic rings. The van der Waals surface area contributed by atoms with Crippen molar-refractivity contribution in [2.75, 3.05) is 5.32 Å². The Morgan fingerprint density at radius 3 is 2.82 bits per heavy atom. The molecular weight excluding hydrogens is 214 g/mol. The van der Waals surface area contributed by atoms with E-state index >= 15 is 0 Å². The number of amides is 1. The van der Waals surface area contributed by atoms with Crippen molar-refractivity contribution in [2.45, 2.75) is 39.7 Å². The normalized spacial score (nSPS) is 14.1. The van der Waals surface area contributed by atoms with Gasteiger partial charge in [0.25, 0.3) is 5.91 Å². The maximum Gasteiger partial charge on any atom is 0.252 e. The Kier molecular flexibility index (Phi) is 4.94. The van der Waals surface area contributed by atoms with Crippen molar-refractivity contribution >= 4 is 11.7 Å². The SMILES string of the molecule is CCC(C)CC(C)Nc1ncccc1C(N)=O. The number of hydrogen-bond acceptors (Lipinski definition) is 3. The predicted octanol–water partition coefficient (Wildman–Crippen LogP) is 2.42. The fourth-order valence-electron chi connectivity index (χ4n) is 1.78. The van der Waals surface area contributed by atoms with Crippen molar-refractivity contribution < 1.29 is 4.79 Å². The average Bonchev–Trinajstić information content (AvgIpc) is 2.29. The first-order valence-corrected chi connectivity index (χ1v) is 6.06. The van der Waals surface area contributed by atoms with E-state index < -0.39 is 5.91 Å². The van der Waals surface area contributed by atoms with E-state index in [1.54, 1.807) is 18.3 Å². The third kappa shape index (κ3) is 4.06. The molecule has 3 N–H and O–H groups in total. The van der Waals surface area contributed by atoms with Crippen molar-refractivity contribution in [2.24, 2.45) is 11.7 Å². The molecule has 4 heteroatoms. The van der Waals surface area contributed by atoms with Crippen LogP contribution in [0.15, 0.2) is 18.3 Å². The molecule has 0 aliphatic heterocycles. The Balaban J connectivity index is 2.71. The molecular formula is C13H21N3O. The smallest absolute Gasteiger partial charge is 0.252 e. The second-order valence-electron chi connectivity index (χ2n) is 4.56. The minimum absolute atomic E-state index is 0.276. The number of carbonyl (C=O) groups excluding carboxylic acids is 1. The summed E-state index contributed by atoms with van der Waals surface area (Å²) in [6.07, 6.45) is 3.85. The van der Waals surface area contributed by atoms with Gasteiger partial charge in [0.1, 0.15) is 5.82 Å². The molecule has 0 aromatic carbocycles. The molecule has 94 valence electrons. The molecule has 1 rings (SSSR count). The van der Waals surface area contributed by atoms with Gasteiger partial charge in [-0.1, -0.05) is 20.3 Å². The molecule has 4 nitrogen and oxygen atoms in total. The van der Waals surface area contributed by atoms with E-state index in [0.29, 0.717) is 17.3 Å². The van der Waals surface area contributed by atoms with Gasteiger partial charge in [-0.2, -0.15) is 0 Å². The van der Waals surface area contributed by atoms with Gasteiger partial charge in [-0.05, 0) is 31.4 Å². The number of aromatic nitrogens is 1. The maximum atomic E-state index is 11.2. The second-order valence-corrected chi connectivity index (χ2v) is 4.56. The Morgan fingerprint density at radius 2 is 2.24 bits per heavy atom. The number of pyridine rings is 1. The van der Waals surface area contributed by atoms with Crippen molar-refractivity contribution in [3.05, 3.63) is 23.9 Å². The van der Waals surface area contributed by atoms with Gasteiger partial charge in [0, 0.05) is 12.2 Å². The Bertz CT molecular complexity index is 379. The molecule has 0 aliphatic carbocycles. The average molecular weight is 235 g/mol. The third-order valence-corrected chi connectivity index (χ3v) is 2.91. The zero-order valence-electron chi connectivity index (χ0n) is 10.7. The third-order valence-electron chi connectivity index (χ3n) is 2.91. The van der Waals surface area contributed by atoms with Crippen LogP contribution in [0, 0.1) is 5.92 Å². The van der Waals surface area contributed by atoms with Gasteiger partial charge in [0.15, 0.2) is 0 Å². The zero-order chi connectivity index (χ0) is 12.8. The van der Waals surface area contributed by atoms with Crippen LogP contribution in [-0.4, -0.2) is 16.9 Å². The molecule has 1 amide bonds. The molecule has 0 fully saturated rings. The number of nitrogens with two attached hydrogens (primary N) is 1. The number of hydrogen-bond donors (Lipinski definition) is 2. The van der Waals surface area contributed by atoms with Crippen molar-refractivity contribution in [3.8, 4) is 0 Å². The monoisotopic (exact) mass is 235 g/mol. The van der Waals surface area contributed by atoms with Gasteiger partial charge < -0.3 is 11.1 Å². The molecule has 0 bridgehead atoms. The van der Waals surface area contributed by atoms with Gasteiger partial charge in [0.05, 0.1) is 5.56 Å². The van der Waals surface area contributed by atoms with Crippen molar-refractivity contribution in [3.63, 3.8) is 0 Å². The van der Waals surface area contributed by atoms with E-state index in [1.165, 1.54) is 0 Å². The van der Waals surface area contributed by atoms with Crippen LogP contribution >= 0.6 is 0 Å². The lowest BCUT2D eigenvalue weighted by atomic mass is 10.0. The Labute approximate surface area is 103 Å². The minimum atomic E-state index is -0.448. The van der Waals surface area contributed by atoms with Crippen molar-refractivity contribution in [1.29, 1.82) is 0 Å².